The van der Waals surface area contributed by atoms with Crippen molar-refractivity contribution in [1.82, 2.24) is 0 Å². The van der Waals surface area contributed by atoms with E-state index in [4.69, 9.17) is 4.74 Å². The minimum Gasteiger partial charge on any atom is -0.423 e. The van der Waals surface area contributed by atoms with Gasteiger partial charge in [0.2, 0.25) is 23.6 Å². The van der Waals surface area contributed by atoms with Crippen LogP contribution in [0.2, 0.25) is 0 Å². The summed E-state index contributed by atoms with van der Waals surface area (Å²) in [6, 6.07) is 25.8. The highest BCUT2D eigenvalue weighted by Crippen LogP contribution is 2.68. The maximum absolute atomic E-state index is 14.2. The van der Waals surface area contributed by atoms with Gasteiger partial charge in [-0.3, -0.25) is 29.0 Å². The topological polar surface area (TPSA) is 101 Å². The molecule has 4 unspecified atom stereocenters. The van der Waals surface area contributed by atoms with E-state index in [9.17, 15) is 24.0 Å². The van der Waals surface area contributed by atoms with Gasteiger partial charge in [0.15, 0.2) is 0 Å². The maximum atomic E-state index is 14.2. The first kappa shape index (κ1) is 25.1. The first-order valence-corrected chi connectivity index (χ1v) is 13.6. The van der Waals surface area contributed by atoms with Crippen molar-refractivity contribution in [2.24, 2.45) is 35.0 Å². The van der Waals surface area contributed by atoms with E-state index in [-0.39, 0.29) is 5.57 Å². The Morgan fingerprint density at radius 3 is 1.49 bits per heavy atom. The van der Waals surface area contributed by atoms with Gasteiger partial charge in [-0.25, -0.2) is 4.79 Å². The zero-order chi connectivity index (χ0) is 28.6. The molecule has 0 radical (unpaired) electrons. The third kappa shape index (κ3) is 3.24. The predicted octanol–water partition coefficient (Wildman–Crippen LogP) is 4.17. The highest BCUT2D eigenvalue weighted by molar-refractivity contribution is 6.27. The second kappa shape index (κ2) is 8.83. The fourth-order valence-corrected chi connectivity index (χ4v) is 7.92. The van der Waals surface area contributed by atoms with Crippen LogP contribution in [0.4, 0.5) is 11.4 Å². The molecule has 0 spiro atoms. The Morgan fingerprint density at radius 1 is 0.634 bits per heavy atom. The second-order valence-corrected chi connectivity index (χ2v) is 11.3. The lowest BCUT2D eigenvalue weighted by atomic mass is 9.43. The van der Waals surface area contributed by atoms with Crippen LogP contribution in [0.1, 0.15) is 13.8 Å². The molecule has 8 nitrogen and oxygen atoms in total. The van der Waals surface area contributed by atoms with E-state index in [1.54, 1.807) is 105 Å². The molecule has 4 atom stereocenters. The molecule has 0 aromatic heterocycles. The fourth-order valence-electron chi connectivity index (χ4n) is 7.92. The molecule has 3 aromatic rings. The summed E-state index contributed by atoms with van der Waals surface area (Å²) in [5, 5.41) is 0. The van der Waals surface area contributed by atoms with E-state index >= 15 is 0 Å². The van der Waals surface area contributed by atoms with E-state index in [1.165, 1.54) is 0 Å². The lowest BCUT2D eigenvalue weighted by Gasteiger charge is -2.55. The smallest absolute Gasteiger partial charge is 0.339 e. The fraction of sp³-hybridized carbons (Fsp3) is 0.242. The molecular weight excluding hydrogens is 520 g/mol. The number of rotatable bonds is 4. The second-order valence-electron chi connectivity index (χ2n) is 11.3. The normalized spacial score (nSPS) is 30.1. The molecule has 3 aliphatic carbocycles. The van der Waals surface area contributed by atoms with Gasteiger partial charge in [0, 0.05) is 16.9 Å². The monoisotopic (exact) mass is 546 g/mol. The highest BCUT2D eigenvalue weighted by atomic mass is 16.5. The van der Waals surface area contributed by atoms with E-state index < -0.39 is 64.6 Å². The molecular formula is C33H26N2O6. The molecule has 0 N–H and O–H groups in total. The largest absolute Gasteiger partial charge is 0.423 e. The maximum Gasteiger partial charge on any atom is 0.339 e. The molecule has 3 fully saturated rings. The molecule has 8 rings (SSSR count). The van der Waals surface area contributed by atoms with Crippen molar-refractivity contribution in [3.63, 3.8) is 0 Å². The zero-order valence-electron chi connectivity index (χ0n) is 22.4. The van der Waals surface area contributed by atoms with Gasteiger partial charge in [-0.1, -0.05) is 67.1 Å². The van der Waals surface area contributed by atoms with Crippen LogP contribution in [0.5, 0.6) is 5.75 Å². The van der Waals surface area contributed by atoms with Gasteiger partial charge in [-0.05, 0) is 43.3 Å². The standard InChI is InChI=1S/C33H26N2O6/c1-18-22-23-26(30(38)34(28(23)36)19-12-6-3-7-13-19)33(2,25(18)32(40)41-21-16-10-5-11-17-21)27-24(22)29(37)35(31(27)39)20-14-8-4-9-15-20/h3-17,22-24,26-27H,1-2H3. The van der Waals surface area contributed by atoms with Crippen LogP contribution >= 0.6 is 0 Å². The van der Waals surface area contributed by atoms with Crippen LogP contribution in [0.3, 0.4) is 0 Å². The lowest BCUT2D eigenvalue weighted by Crippen LogP contribution is -2.61. The number of carbonyl (C=O) groups excluding carboxylic acids is 5. The number of esters is 1. The summed E-state index contributed by atoms with van der Waals surface area (Å²) in [5.74, 6) is -6.81. The number of amides is 4. The number of anilines is 2. The number of ether oxygens (including phenoxy) is 1. The summed E-state index contributed by atoms with van der Waals surface area (Å²) in [5.41, 5.74) is 0.0791. The van der Waals surface area contributed by atoms with Gasteiger partial charge in [0.1, 0.15) is 5.75 Å². The molecule has 2 saturated heterocycles. The van der Waals surface area contributed by atoms with Crippen LogP contribution in [-0.2, 0) is 24.0 Å². The molecule has 5 aliphatic rings. The Balaban J connectivity index is 1.41. The Kier molecular flexibility index (Phi) is 5.41. The molecule has 204 valence electrons. The summed E-state index contributed by atoms with van der Waals surface area (Å²) in [6.07, 6.45) is 0. The van der Waals surface area contributed by atoms with Crippen molar-refractivity contribution in [1.29, 1.82) is 0 Å². The van der Waals surface area contributed by atoms with Gasteiger partial charge in [-0.15, -0.1) is 0 Å². The summed E-state index contributed by atoms with van der Waals surface area (Å²) in [6.45, 7) is 3.41. The number of carbonyl (C=O) groups is 5. The van der Waals surface area contributed by atoms with Gasteiger partial charge in [0.25, 0.3) is 0 Å². The first-order chi connectivity index (χ1) is 19.8. The van der Waals surface area contributed by atoms with Crippen molar-refractivity contribution in [3.8, 4) is 5.75 Å². The Hall–Kier alpha value is -4.85. The third-order valence-electron chi connectivity index (χ3n) is 9.39. The molecule has 41 heavy (non-hydrogen) atoms. The number of nitrogens with zero attached hydrogens (tertiary/aromatic N) is 2. The van der Waals surface area contributed by atoms with E-state index in [0.29, 0.717) is 22.7 Å². The average Bonchev–Trinajstić information content (AvgIpc) is 3.40. The quantitative estimate of drug-likeness (QED) is 0.277. The Morgan fingerprint density at radius 2 is 1.05 bits per heavy atom. The molecule has 2 heterocycles. The van der Waals surface area contributed by atoms with Gasteiger partial charge < -0.3 is 4.74 Å². The van der Waals surface area contributed by atoms with E-state index in [1.807, 2.05) is 0 Å². The molecule has 8 heteroatoms. The molecule has 2 aliphatic heterocycles. The third-order valence-corrected chi connectivity index (χ3v) is 9.39. The summed E-state index contributed by atoms with van der Waals surface area (Å²) < 4.78 is 5.77. The SMILES string of the molecule is CC1=C(C(=O)Oc2ccccc2)C2(C)C3C(=O)N(c4ccccc4)C(=O)C3C1C1C(=O)N(c3ccccc3)C(=O)C12. The van der Waals surface area contributed by atoms with Crippen LogP contribution in [-0.4, -0.2) is 29.6 Å². The van der Waals surface area contributed by atoms with E-state index in [0.717, 1.165) is 9.80 Å². The van der Waals surface area contributed by atoms with Gasteiger partial charge in [0.05, 0.1) is 35.0 Å². The molecule has 1 saturated carbocycles. The Bertz CT molecular complexity index is 1580. The van der Waals surface area contributed by atoms with E-state index in [2.05, 4.69) is 0 Å². The molecule has 4 amide bonds. The van der Waals surface area contributed by atoms with Crippen molar-refractivity contribution in [2.75, 3.05) is 9.80 Å². The minimum atomic E-state index is -1.47. The zero-order valence-corrected chi connectivity index (χ0v) is 22.4. The number of hydrogen-bond acceptors (Lipinski definition) is 6. The van der Waals surface area contributed by atoms with Crippen LogP contribution in [0.15, 0.2) is 102 Å². The highest BCUT2D eigenvalue weighted by Gasteiger charge is 2.77. The van der Waals surface area contributed by atoms with Crippen LogP contribution < -0.4 is 14.5 Å². The first-order valence-electron chi connectivity index (χ1n) is 13.6. The number of hydrogen-bond donors (Lipinski definition) is 0. The summed E-state index contributed by atoms with van der Waals surface area (Å²) in [4.78, 5) is 72.9. The van der Waals surface area contributed by atoms with Crippen LogP contribution in [0, 0.1) is 35.0 Å². The predicted molar refractivity (Wildman–Crippen MR) is 148 cm³/mol. The Labute approximate surface area is 236 Å². The van der Waals surface area contributed by atoms with Crippen LogP contribution in [0.25, 0.3) is 0 Å². The number of benzene rings is 3. The summed E-state index contributed by atoms with van der Waals surface area (Å²) in [7, 11) is 0. The molecule has 3 aromatic carbocycles. The number of allylic oxidation sites excluding steroid dienone is 1. The lowest BCUT2D eigenvalue weighted by molar-refractivity contribution is -0.152. The molecule has 2 bridgehead atoms. The number of para-hydroxylation sites is 3. The van der Waals surface area contributed by atoms with Crippen molar-refractivity contribution in [3.05, 3.63) is 102 Å². The van der Waals surface area contributed by atoms with Crippen molar-refractivity contribution >= 4 is 41.0 Å². The number of imide groups is 2. The summed E-state index contributed by atoms with van der Waals surface area (Å²) >= 11 is 0. The van der Waals surface area contributed by atoms with Gasteiger partial charge in [-0.2, -0.15) is 0 Å². The van der Waals surface area contributed by atoms with Crippen molar-refractivity contribution in [2.45, 2.75) is 13.8 Å². The van der Waals surface area contributed by atoms with Gasteiger partial charge >= 0.3 is 5.97 Å². The minimum absolute atomic E-state index is 0.195. The average molecular weight is 547 g/mol. The van der Waals surface area contributed by atoms with Crippen molar-refractivity contribution < 1.29 is 28.7 Å².